The molecule has 0 saturated carbocycles. The van der Waals surface area contributed by atoms with Crippen molar-refractivity contribution in [1.29, 1.82) is 0 Å². The van der Waals surface area contributed by atoms with Crippen LogP contribution in [0.3, 0.4) is 0 Å². The van der Waals surface area contributed by atoms with Crippen LogP contribution in [0.15, 0.2) is 24.3 Å². The summed E-state index contributed by atoms with van der Waals surface area (Å²) in [5, 5.41) is 2.97. The predicted octanol–water partition coefficient (Wildman–Crippen LogP) is 2.60. The Labute approximate surface area is 181 Å². The molecule has 0 bridgehead atoms. The number of hydrogen-bond acceptors (Lipinski definition) is 5. The summed E-state index contributed by atoms with van der Waals surface area (Å²) in [6, 6.07) is 7.52. The quantitative estimate of drug-likeness (QED) is 0.690. The van der Waals surface area contributed by atoms with Crippen molar-refractivity contribution in [2.75, 3.05) is 27.3 Å². The van der Waals surface area contributed by atoms with Gasteiger partial charge in [-0.15, -0.1) is 0 Å². The first-order chi connectivity index (χ1) is 14.8. The van der Waals surface area contributed by atoms with Crippen LogP contribution in [0.5, 0.6) is 5.75 Å². The van der Waals surface area contributed by atoms with Gasteiger partial charge in [-0.3, -0.25) is 9.59 Å². The number of benzene rings is 1. The monoisotopic (exact) mass is 427 g/mol. The molecule has 31 heavy (non-hydrogen) atoms. The molecule has 0 radical (unpaired) electrons. The topological polar surface area (TPSA) is 101 Å². The number of piperidine rings is 1. The van der Waals surface area contributed by atoms with Gasteiger partial charge in [0.15, 0.2) is 0 Å². The molecule has 1 aromatic carbocycles. The molecule has 1 aromatic heterocycles. The first-order valence-corrected chi connectivity index (χ1v) is 10.3. The molecule has 3 rings (SSSR count). The first kappa shape index (κ1) is 22.4. The maximum absolute atomic E-state index is 13.1. The largest absolute Gasteiger partial charge is 0.497 e. The average Bonchev–Trinajstić information content (AvgIpc) is 3.10. The van der Waals surface area contributed by atoms with Gasteiger partial charge in [-0.1, -0.05) is 12.1 Å². The van der Waals surface area contributed by atoms with Gasteiger partial charge in [-0.05, 0) is 49.9 Å². The van der Waals surface area contributed by atoms with Gasteiger partial charge in [0, 0.05) is 25.3 Å². The molecule has 8 nitrogen and oxygen atoms in total. The van der Waals surface area contributed by atoms with Crippen LogP contribution in [0.2, 0.25) is 0 Å². The maximum atomic E-state index is 13.1. The van der Waals surface area contributed by atoms with Crippen molar-refractivity contribution in [2.45, 2.75) is 33.2 Å². The number of likely N-dealkylation sites (tertiary alicyclic amines) is 1. The van der Waals surface area contributed by atoms with Crippen molar-refractivity contribution in [3.05, 3.63) is 52.3 Å². The number of esters is 1. The van der Waals surface area contributed by atoms with Crippen molar-refractivity contribution in [2.24, 2.45) is 5.92 Å². The van der Waals surface area contributed by atoms with Crippen LogP contribution in [-0.4, -0.2) is 55.0 Å². The minimum Gasteiger partial charge on any atom is -0.497 e. The van der Waals surface area contributed by atoms with Crippen molar-refractivity contribution < 1.29 is 23.9 Å². The summed E-state index contributed by atoms with van der Waals surface area (Å²) in [6.07, 6.45) is 1.48. The molecular weight excluding hydrogens is 398 g/mol. The van der Waals surface area contributed by atoms with Gasteiger partial charge in [0.25, 0.3) is 5.91 Å². The number of nitrogens with zero attached hydrogens (tertiary/aromatic N) is 1. The highest BCUT2D eigenvalue weighted by Crippen LogP contribution is 2.24. The lowest BCUT2D eigenvalue weighted by molar-refractivity contribution is -0.126. The summed E-state index contributed by atoms with van der Waals surface area (Å²) in [5.41, 5.74) is 2.90. The fourth-order valence-corrected chi connectivity index (χ4v) is 3.98. The fourth-order valence-electron chi connectivity index (χ4n) is 3.98. The lowest BCUT2D eigenvalue weighted by Crippen LogP contribution is -2.45. The first-order valence-electron chi connectivity index (χ1n) is 10.3. The summed E-state index contributed by atoms with van der Waals surface area (Å²) >= 11 is 0. The van der Waals surface area contributed by atoms with Crippen LogP contribution in [-0.2, 0) is 16.1 Å². The molecule has 2 amide bonds. The summed E-state index contributed by atoms with van der Waals surface area (Å²) in [6.45, 7) is 4.81. The molecule has 2 N–H and O–H groups in total. The van der Waals surface area contributed by atoms with Crippen LogP contribution in [0.1, 0.15) is 50.5 Å². The van der Waals surface area contributed by atoms with E-state index < -0.39 is 5.97 Å². The van der Waals surface area contributed by atoms with Gasteiger partial charge < -0.3 is 24.7 Å². The fraction of sp³-hybridized carbons (Fsp3) is 0.435. The molecule has 0 aliphatic carbocycles. The zero-order valence-corrected chi connectivity index (χ0v) is 18.4. The van der Waals surface area contributed by atoms with E-state index in [1.165, 1.54) is 7.11 Å². The van der Waals surface area contributed by atoms with Gasteiger partial charge in [0.2, 0.25) is 5.91 Å². The van der Waals surface area contributed by atoms with E-state index in [0.29, 0.717) is 42.1 Å². The summed E-state index contributed by atoms with van der Waals surface area (Å²) in [4.78, 5) is 42.5. The van der Waals surface area contributed by atoms with Crippen molar-refractivity contribution in [3.63, 3.8) is 0 Å². The Morgan fingerprint density at radius 3 is 2.52 bits per heavy atom. The van der Waals surface area contributed by atoms with E-state index in [2.05, 4.69) is 10.3 Å². The third kappa shape index (κ3) is 4.90. The van der Waals surface area contributed by atoms with Gasteiger partial charge in [-0.25, -0.2) is 4.79 Å². The number of rotatable bonds is 6. The van der Waals surface area contributed by atoms with Crippen LogP contribution >= 0.6 is 0 Å². The Morgan fingerprint density at radius 1 is 1.16 bits per heavy atom. The van der Waals surface area contributed by atoms with Crippen LogP contribution in [0.25, 0.3) is 0 Å². The minimum atomic E-state index is -0.472. The maximum Gasteiger partial charge on any atom is 0.339 e. The third-order valence-corrected chi connectivity index (χ3v) is 5.75. The third-order valence-electron chi connectivity index (χ3n) is 5.75. The highest BCUT2D eigenvalue weighted by molar-refractivity contribution is 6.00. The normalized spacial score (nSPS) is 16.0. The van der Waals surface area contributed by atoms with Crippen LogP contribution in [0, 0.1) is 19.8 Å². The Morgan fingerprint density at radius 2 is 1.87 bits per heavy atom. The van der Waals surface area contributed by atoms with E-state index >= 15 is 0 Å². The Balaban J connectivity index is 1.63. The lowest BCUT2D eigenvalue weighted by Gasteiger charge is -2.32. The molecule has 2 aromatic rings. The SMILES string of the molecule is COC(=O)c1c(C)[nH]c(C(=O)N2CCC[C@H](C(=O)NCc3ccc(OC)cc3)C2)c1C. The van der Waals surface area contributed by atoms with Crippen molar-refractivity contribution in [1.82, 2.24) is 15.2 Å². The van der Waals surface area contributed by atoms with Gasteiger partial charge >= 0.3 is 5.97 Å². The van der Waals surface area contributed by atoms with E-state index in [4.69, 9.17) is 9.47 Å². The lowest BCUT2D eigenvalue weighted by atomic mass is 9.96. The van der Waals surface area contributed by atoms with Gasteiger partial charge in [0.1, 0.15) is 11.4 Å². The zero-order chi connectivity index (χ0) is 22.5. The molecule has 1 aliphatic heterocycles. The number of aromatic amines is 1. The van der Waals surface area contributed by atoms with Gasteiger partial charge in [0.05, 0.1) is 25.7 Å². The molecule has 1 fully saturated rings. The van der Waals surface area contributed by atoms with E-state index in [-0.39, 0.29) is 17.7 Å². The Bertz CT molecular complexity index is 964. The van der Waals surface area contributed by atoms with Crippen molar-refractivity contribution >= 4 is 17.8 Å². The summed E-state index contributed by atoms with van der Waals surface area (Å²) in [7, 11) is 2.93. The molecule has 2 heterocycles. The smallest absolute Gasteiger partial charge is 0.339 e. The molecule has 166 valence electrons. The second-order valence-electron chi connectivity index (χ2n) is 7.77. The molecule has 8 heteroatoms. The summed E-state index contributed by atoms with van der Waals surface area (Å²) in [5.74, 6) is -0.250. The Kier molecular flexibility index (Phi) is 6.99. The van der Waals surface area contributed by atoms with Gasteiger partial charge in [-0.2, -0.15) is 0 Å². The number of H-pyrrole nitrogens is 1. The van der Waals surface area contributed by atoms with Crippen molar-refractivity contribution in [3.8, 4) is 5.75 Å². The van der Waals surface area contributed by atoms with Crippen LogP contribution < -0.4 is 10.1 Å². The van der Waals surface area contributed by atoms with E-state index in [1.54, 1.807) is 25.9 Å². The average molecular weight is 428 g/mol. The number of aryl methyl sites for hydroxylation is 1. The summed E-state index contributed by atoms with van der Waals surface area (Å²) < 4.78 is 9.96. The highest BCUT2D eigenvalue weighted by atomic mass is 16.5. The molecule has 1 aliphatic rings. The molecule has 1 saturated heterocycles. The number of methoxy groups -OCH3 is 2. The number of aromatic nitrogens is 1. The van der Waals surface area contributed by atoms with E-state index in [0.717, 1.165) is 24.2 Å². The highest BCUT2D eigenvalue weighted by Gasteiger charge is 2.31. The minimum absolute atomic E-state index is 0.0667. The number of amides is 2. The van der Waals surface area contributed by atoms with E-state index in [1.807, 2.05) is 24.3 Å². The molecular formula is C23H29N3O5. The van der Waals surface area contributed by atoms with E-state index in [9.17, 15) is 14.4 Å². The molecule has 0 unspecified atom stereocenters. The number of hydrogen-bond donors (Lipinski definition) is 2. The van der Waals surface area contributed by atoms with Crippen LogP contribution in [0.4, 0.5) is 0 Å². The number of carbonyl (C=O) groups excluding carboxylic acids is 3. The second kappa shape index (κ2) is 9.68. The number of carbonyl (C=O) groups is 3. The molecule has 0 spiro atoms. The number of ether oxygens (including phenoxy) is 2. The Hall–Kier alpha value is -3.29. The molecule has 1 atom stereocenters. The second-order valence-corrected chi connectivity index (χ2v) is 7.77. The zero-order valence-electron chi connectivity index (χ0n) is 18.4. The predicted molar refractivity (Wildman–Crippen MR) is 115 cm³/mol. The standard InChI is InChI=1S/C23H29N3O5/c1-14-19(23(29)31-4)15(2)25-20(14)22(28)26-11-5-6-17(13-26)21(27)24-12-16-7-9-18(30-3)10-8-16/h7-10,17,25H,5-6,11-13H2,1-4H3,(H,24,27)/t17-/m0/s1. The number of nitrogens with one attached hydrogen (secondary N) is 2.